The molecule has 3 heterocycles. The summed E-state index contributed by atoms with van der Waals surface area (Å²) in [6.07, 6.45) is 4.90. The number of halogens is 2. The van der Waals surface area contributed by atoms with Gasteiger partial charge in [0, 0.05) is 30.7 Å². The number of amides is 2. The Morgan fingerprint density at radius 2 is 1.75 bits per heavy atom. The number of urea groups is 1. The number of nitrogens with one attached hydrogen (secondary N) is 2. The van der Waals surface area contributed by atoms with Crippen molar-refractivity contribution in [3.8, 4) is 5.69 Å². The van der Waals surface area contributed by atoms with Crippen LogP contribution in [0, 0.1) is 11.6 Å². The zero-order valence-corrected chi connectivity index (χ0v) is 18.7. The lowest BCUT2D eigenvalue weighted by Crippen LogP contribution is -2.26. The van der Waals surface area contributed by atoms with Gasteiger partial charge in [0.05, 0.1) is 11.4 Å². The molecule has 2 aromatic carbocycles. The highest BCUT2D eigenvalue weighted by Gasteiger charge is 2.18. The predicted octanol–water partition coefficient (Wildman–Crippen LogP) is 4.69. The summed E-state index contributed by atoms with van der Waals surface area (Å²) in [5, 5.41) is 4.93. The van der Waals surface area contributed by atoms with E-state index in [9.17, 15) is 14.0 Å². The average molecular weight is 484 g/mol. The molecule has 0 saturated heterocycles. The maximum atomic E-state index is 15.1. The van der Waals surface area contributed by atoms with Crippen LogP contribution >= 0.6 is 0 Å². The Balaban J connectivity index is 1.55. The number of carbonyl (C=O) groups excluding carboxylic acids is 1. The number of fused-ring (bicyclic) bond motifs is 1. The van der Waals surface area contributed by atoms with E-state index in [-0.39, 0.29) is 34.8 Å². The molecule has 10 heteroatoms. The lowest BCUT2D eigenvalue weighted by Gasteiger charge is -2.14. The maximum Gasteiger partial charge on any atom is 0.323 e. The van der Waals surface area contributed by atoms with Gasteiger partial charge in [-0.3, -0.25) is 14.3 Å². The summed E-state index contributed by atoms with van der Waals surface area (Å²) in [6, 6.07) is 15.6. The van der Waals surface area contributed by atoms with E-state index >= 15 is 4.39 Å². The highest BCUT2D eigenvalue weighted by molar-refractivity contribution is 6.00. The predicted molar refractivity (Wildman–Crippen MR) is 131 cm³/mol. The van der Waals surface area contributed by atoms with Gasteiger partial charge in [0.25, 0.3) is 5.56 Å². The number of benzene rings is 2. The van der Waals surface area contributed by atoms with Gasteiger partial charge < -0.3 is 10.6 Å². The molecule has 0 aliphatic heterocycles. The molecular weight excluding hydrogens is 466 g/mol. The van der Waals surface area contributed by atoms with Crippen LogP contribution in [0.4, 0.5) is 25.0 Å². The first-order valence-electron chi connectivity index (χ1n) is 10.9. The Hall–Kier alpha value is -4.99. The third kappa shape index (κ3) is 4.64. The van der Waals surface area contributed by atoms with Gasteiger partial charge in [-0.25, -0.2) is 23.5 Å². The third-order valence-corrected chi connectivity index (χ3v) is 5.34. The van der Waals surface area contributed by atoms with Crippen molar-refractivity contribution in [2.75, 3.05) is 10.6 Å². The van der Waals surface area contributed by atoms with Crippen LogP contribution in [-0.2, 0) is 6.42 Å². The molecule has 0 bridgehead atoms. The fraction of sp³-hybridized carbons (Fsp3) is 0.0385. The van der Waals surface area contributed by atoms with Crippen LogP contribution in [0.2, 0.25) is 0 Å². The van der Waals surface area contributed by atoms with Gasteiger partial charge in [-0.05, 0) is 54.1 Å². The molecule has 2 amide bonds. The summed E-state index contributed by atoms with van der Waals surface area (Å²) in [7, 11) is 0. The fourth-order valence-electron chi connectivity index (χ4n) is 3.71. The molecule has 3 aromatic heterocycles. The number of carbonyl (C=O) groups is 1. The molecule has 5 aromatic rings. The molecule has 0 unspecified atom stereocenters. The Kier molecular flexibility index (Phi) is 6.14. The van der Waals surface area contributed by atoms with Crippen molar-refractivity contribution in [3.63, 3.8) is 0 Å². The average Bonchev–Trinajstić information content (AvgIpc) is 2.88. The van der Waals surface area contributed by atoms with Gasteiger partial charge >= 0.3 is 6.03 Å². The van der Waals surface area contributed by atoms with E-state index < -0.39 is 23.2 Å². The van der Waals surface area contributed by atoms with Crippen molar-refractivity contribution in [1.29, 1.82) is 0 Å². The van der Waals surface area contributed by atoms with E-state index in [4.69, 9.17) is 0 Å². The van der Waals surface area contributed by atoms with Crippen molar-refractivity contribution in [3.05, 3.63) is 119 Å². The summed E-state index contributed by atoms with van der Waals surface area (Å²) >= 11 is 0. The summed E-state index contributed by atoms with van der Waals surface area (Å²) < 4.78 is 30.1. The smallest absolute Gasteiger partial charge is 0.308 e. The lowest BCUT2D eigenvalue weighted by atomic mass is 10.1. The Morgan fingerprint density at radius 3 is 2.56 bits per heavy atom. The quantitative estimate of drug-likeness (QED) is 0.377. The minimum Gasteiger partial charge on any atom is -0.308 e. The van der Waals surface area contributed by atoms with Crippen LogP contribution in [-0.4, -0.2) is 25.6 Å². The normalized spacial score (nSPS) is 10.8. The molecular formula is C26H18F2N6O2. The van der Waals surface area contributed by atoms with Crippen LogP contribution in [0.1, 0.15) is 11.3 Å². The zero-order valence-electron chi connectivity index (χ0n) is 18.7. The van der Waals surface area contributed by atoms with Crippen LogP contribution in [0.3, 0.4) is 0 Å². The van der Waals surface area contributed by atoms with Crippen LogP contribution in [0.25, 0.3) is 16.9 Å². The zero-order chi connectivity index (χ0) is 25.1. The summed E-state index contributed by atoms with van der Waals surface area (Å²) in [6.45, 7) is 0. The minimum atomic E-state index is -0.736. The van der Waals surface area contributed by atoms with E-state index in [0.29, 0.717) is 5.52 Å². The van der Waals surface area contributed by atoms with Crippen molar-refractivity contribution in [2.24, 2.45) is 0 Å². The van der Waals surface area contributed by atoms with Gasteiger partial charge in [0.1, 0.15) is 22.8 Å². The summed E-state index contributed by atoms with van der Waals surface area (Å²) in [5.41, 5.74) is 0.977. The number of nitrogens with zero attached hydrogens (tertiary/aromatic N) is 4. The van der Waals surface area contributed by atoms with E-state index in [0.717, 1.165) is 16.2 Å². The molecule has 0 saturated carbocycles. The second kappa shape index (κ2) is 9.71. The van der Waals surface area contributed by atoms with Crippen LogP contribution < -0.4 is 16.2 Å². The van der Waals surface area contributed by atoms with Crippen molar-refractivity contribution < 1.29 is 13.6 Å². The van der Waals surface area contributed by atoms with Crippen molar-refractivity contribution in [2.45, 2.75) is 6.42 Å². The van der Waals surface area contributed by atoms with E-state index in [2.05, 4.69) is 25.6 Å². The highest BCUT2D eigenvalue weighted by Crippen LogP contribution is 2.22. The summed E-state index contributed by atoms with van der Waals surface area (Å²) in [5.74, 6) is -1.31. The van der Waals surface area contributed by atoms with Gasteiger partial charge in [-0.15, -0.1) is 0 Å². The largest absolute Gasteiger partial charge is 0.323 e. The monoisotopic (exact) mass is 484 g/mol. The molecule has 178 valence electrons. The Morgan fingerprint density at radius 1 is 0.917 bits per heavy atom. The molecule has 0 radical (unpaired) electrons. The van der Waals surface area contributed by atoms with E-state index in [1.807, 2.05) is 6.07 Å². The molecule has 0 spiro atoms. The molecule has 36 heavy (non-hydrogen) atoms. The first-order chi connectivity index (χ1) is 17.5. The number of hydrogen-bond acceptors (Lipinski definition) is 5. The Labute approximate surface area is 203 Å². The van der Waals surface area contributed by atoms with Crippen molar-refractivity contribution >= 4 is 28.6 Å². The highest BCUT2D eigenvalue weighted by atomic mass is 19.1. The molecule has 0 aliphatic rings. The van der Waals surface area contributed by atoms with E-state index in [1.54, 1.807) is 36.7 Å². The minimum absolute atomic E-state index is 0.0158. The molecule has 8 nitrogen and oxygen atoms in total. The standard InChI is InChI=1S/C26H18F2N6O2/c27-18-6-1-2-7-20(18)33-26(36)31-17-9-10-19(28)23(14-17)34-24-21(8-4-12-30-24)32-22(25(34)35)13-16-5-3-11-29-15-16/h1-12,14-15H,13H2,(H2,31,33,36). The molecule has 0 atom stereocenters. The van der Waals surface area contributed by atoms with Crippen molar-refractivity contribution in [1.82, 2.24) is 19.5 Å². The number of para-hydroxylation sites is 1. The second-order valence-electron chi connectivity index (χ2n) is 7.81. The number of anilines is 2. The molecule has 0 aliphatic carbocycles. The SMILES string of the molecule is O=C(Nc1ccc(F)c(-n2c(=O)c(Cc3cccnc3)nc3cccnc32)c1)Nc1ccccc1F. The second-order valence-corrected chi connectivity index (χ2v) is 7.81. The lowest BCUT2D eigenvalue weighted by molar-refractivity contribution is 0.262. The molecule has 5 rings (SSSR count). The first kappa shape index (κ1) is 22.8. The van der Waals surface area contributed by atoms with Crippen LogP contribution in [0.5, 0.6) is 0 Å². The fourth-order valence-corrected chi connectivity index (χ4v) is 3.71. The summed E-state index contributed by atoms with van der Waals surface area (Å²) in [4.78, 5) is 38.7. The first-order valence-corrected chi connectivity index (χ1v) is 10.9. The third-order valence-electron chi connectivity index (χ3n) is 5.34. The van der Waals surface area contributed by atoms with Gasteiger partial charge in [0.15, 0.2) is 5.65 Å². The van der Waals surface area contributed by atoms with Gasteiger partial charge in [0.2, 0.25) is 0 Å². The van der Waals surface area contributed by atoms with Gasteiger partial charge in [-0.1, -0.05) is 18.2 Å². The van der Waals surface area contributed by atoms with Crippen LogP contribution in [0.15, 0.2) is 90.1 Å². The molecule has 2 N–H and O–H groups in total. The Bertz CT molecular complexity index is 1640. The number of hydrogen-bond donors (Lipinski definition) is 2. The van der Waals surface area contributed by atoms with Gasteiger partial charge in [-0.2, -0.15) is 0 Å². The molecule has 0 fully saturated rings. The number of aromatic nitrogens is 4. The van der Waals surface area contributed by atoms with E-state index in [1.165, 1.54) is 36.5 Å². The maximum absolute atomic E-state index is 15.1. The number of rotatable bonds is 5. The topological polar surface area (TPSA) is 102 Å². The number of pyridine rings is 2.